The minimum atomic E-state index is -1.15. The molecule has 0 aromatic heterocycles. The summed E-state index contributed by atoms with van der Waals surface area (Å²) in [4.78, 5) is 13.8. The van der Waals surface area contributed by atoms with Crippen LogP contribution in [-0.2, 0) is 4.79 Å². The number of halogens is 2. The van der Waals surface area contributed by atoms with E-state index in [0.717, 1.165) is 12.8 Å². The average molecular weight is 332 g/mol. The van der Waals surface area contributed by atoms with Gasteiger partial charge in [0.05, 0.1) is 5.02 Å². The van der Waals surface area contributed by atoms with Crippen molar-refractivity contribution < 1.29 is 14.6 Å². The molecule has 6 heteroatoms. The second kappa shape index (κ2) is 6.42. The molecule has 1 aliphatic rings. The van der Waals surface area contributed by atoms with Gasteiger partial charge in [-0.05, 0) is 31.0 Å². The van der Waals surface area contributed by atoms with E-state index < -0.39 is 11.7 Å². The Balaban J connectivity index is 2.29. The van der Waals surface area contributed by atoms with E-state index in [1.165, 1.54) is 4.90 Å². The van der Waals surface area contributed by atoms with E-state index in [0.29, 0.717) is 28.6 Å². The van der Waals surface area contributed by atoms with Crippen molar-refractivity contribution in [1.29, 1.82) is 0 Å². The molecule has 1 unspecified atom stereocenters. The number of ether oxygens (including phenoxy) is 1. The maximum Gasteiger partial charge on any atom is 0.266 e. The molecule has 0 radical (unpaired) electrons. The van der Waals surface area contributed by atoms with Crippen molar-refractivity contribution >= 4 is 29.1 Å². The van der Waals surface area contributed by atoms with Crippen LogP contribution in [0.2, 0.25) is 10.0 Å². The number of nitrogens with zero attached hydrogens (tertiary/aromatic N) is 1. The number of hydrogen-bond acceptors (Lipinski definition) is 3. The molecule has 0 spiro atoms. The second-order valence-electron chi connectivity index (χ2n) is 5.62. The molecule has 0 bridgehead atoms. The van der Waals surface area contributed by atoms with Gasteiger partial charge in [0.1, 0.15) is 11.4 Å². The molecule has 1 aromatic rings. The first kappa shape index (κ1) is 16.4. The average Bonchev–Trinajstić information content (AvgIpc) is 2.84. The Kier molecular flexibility index (Phi) is 5.02. The minimum Gasteiger partial charge on any atom is -0.476 e. The van der Waals surface area contributed by atoms with Crippen LogP contribution in [0.1, 0.15) is 25.7 Å². The van der Waals surface area contributed by atoms with Gasteiger partial charge in [0, 0.05) is 19.1 Å². The third-order valence-corrected chi connectivity index (χ3v) is 4.29. The van der Waals surface area contributed by atoms with Crippen LogP contribution >= 0.6 is 23.2 Å². The zero-order valence-electron chi connectivity index (χ0n) is 12.1. The molecule has 21 heavy (non-hydrogen) atoms. The Morgan fingerprint density at radius 3 is 2.48 bits per heavy atom. The molecule has 0 aliphatic heterocycles. The fourth-order valence-corrected chi connectivity index (χ4v) is 3.02. The van der Waals surface area contributed by atoms with Gasteiger partial charge in [-0.3, -0.25) is 4.79 Å². The van der Waals surface area contributed by atoms with Crippen molar-refractivity contribution in [2.24, 2.45) is 0 Å². The van der Waals surface area contributed by atoms with Gasteiger partial charge >= 0.3 is 0 Å². The summed E-state index contributed by atoms with van der Waals surface area (Å²) in [5, 5.41) is 11.5. The van der Waals surface area contributed by atoms with E-state index in [1.54, 1.807) is 32.3 Å². The van der Waals surface area contributed by atoms with E-state index in [-0.39, 0.29) is 5.91 Å². The number of carbonyl (C=O) groups excluding carboxylic acids is 1. The van der Waals surface area contributed by atoms with E-state index in [9.17, 15) is 9.90 Å². The standard InChI is InChI=1S/C15H19Cl2NO3/c1-18(2)14(19)13(15(20)7-3-4-8-15)21-12-6-5-10(16)9-11(12)17/h5-6,9,13,20H,3-4,7-8H2,1-2H3. The maximum absolute atomic E-state index is 12.4. The van der Waals surface area contributed by atoms with Gasteiger partial charge in [-0.1, -0.05) is 36.0 Å². The fourth-order valence-electron chi connectivity index (χ4n) is 2.57. The zero-order chi connectivity index (χ0) is 15.6. The van der Waals surface area contributed by atoms with Gasteiger partial charge in [-0.2, -0.15) is 0 Å². The molecule has 1 atom stereocenters. The molecule has 0 heterocycles. The summed E-state index contributed by atoms with van der Waals surface area (Å²) in [6.07, 6.45) is 1.88. The predicted molar refractivity (Wildman–Crippen MR) is 83.0 cm³/mol. The normalized spacial score (nSPS) is 18.3. The monoisotopic (exact) mass is 331 g/mol. The summed E-state index contributed by atoms with van der Waals surface area (Å²) >= 11 is 12.0. The Morgan fingerprint density at radius 1 is 1.33 bits per heavy atom. The number of carbonyl (C=O) groups is 1. The molecule has 4 nitrogen and oxygen atoms in total. The molecule has 1 saturated carbocycles. The lowest BCUT2D eigenvalue weighted by molar-refractivity contribution is -0.149. The highest BCUT2D eigenvalue weighted by atomic mass is 35.5. The molecule has 116 valence electrons. The maximum atomic E-state index is 12.4. The van der Waals surface area contributed by atoms with E-state index in [2.05, 4.69) is 0 Å². The van der Waals surface area contributed by atoms with Crippen LogP contribution in [0, 0.1) is 0 Å². The summed E-state index contributed by atoms with van der Waals surface area (Å²) in [7, 11) is 3.28. The second-order valence-corrected chi connectivity index (χ2v) is 6.46. The largest absolute Gasteiger partial charge is 0.476 e. The van der Waals surface area contributed by atoms with Crippen LogP contribution < -0.4 is 4.74 Å². The summed E-state index contributed by atoms with van der Waals surface area (Å²) in [5.41, 5.74) is -1.15. The Hall–Kier alpha value is -0.970. The molecule has 1 amide bonds. The summed E-state index contributed by atoms with van der Waals surface area (Å²) in [6, 6.07) is 4.80. The molecule has 1 fully saturated rings. The topological polar surface area (TPSA) is 49.8 Å². The Morgan fingerprint density at radius 2 is 1.95 bits per heavy atom. The first-order valence-electron chi connectivity index (χ1n) is 6.89. The van der Waals surface area contributed by atoms with Gasteiger partial charge in [0.25, 0.3) is 5.91 Å². The van der Waals surface area contributed by atoms with Gasteiger partial charge in [0.15, 0.2) is 0 Å². The highest BCUT2D eigenvalue weighted by Gasteiger charge is 2.46. The quantitative estimate of drug-likeness (QED) is 0.922. The van der Waals surface area contributed by atoms with Crippen molar-refractivity contribution in [2.75, 3.05) is 14.1 Å². The molecule has 1 aliphatic carbocycles. The number of hydrogen-bond donors (Lipinski definition) is 1. The van der Waals surface area contributed by atoms with Gasteiger partial charge in [-0.15, -0.1) is 0 Å². The fraction of sp³-hybridized carbons (Fsp3) is 0.533. The lowest BCUT2D eigenvalue weighted by Gasteiger charge is -2.33. The summed E-state index contributed by atoms with van der Waals surface area (Å²) in [5.74, 6) is 0.0759. The van der Waals surface area contributed by atoms with E-state index in [4.69, 9.17) is 27.9 Å². The van der Waals surface area contributed by atoms with Crippen molar-refractivity contribution in [3.05, 3.63) is 28.2 Å². The van der Waals surface area contributed by atoms with Gasteiger partial charge in [0.2, 0.25) is 6.10 Å². The third-order valence-electron chi connectivity index (χ3n) is 3.76. The van der Waals surface area contributed by atoms with Crippen LogP contribution in [0.15, 0.2) is 18.2 Å². The van der Waals surface area contributed by atoms with Crippen LogP contribution in [-0.4, -0.2) is 41.7 Å². The van der Waals surface area contributed by atoms with Crippen molar-refractivity contribution in [3.63, 3.8) is 0 Å². The summed E-state index contributed by atoms with van der Waals surface area (Å²) in [6.45, 7) is 0. The molecule has 0 saturated heterocycles. The number of aliphatic hydroxyl groups is 1. The SMILES string of the molecule is CN(C)C(=O)C(Oc1ccc(Cl)cc1Cl)C1(O)CCCC1. The Labute approximate surface area is 134 Å². The van der Waals surface area contributed by atoms with Crippen LogP contribution in [0.3, 0.4) is 0 Å². The van der Waals surface area contributed by atoms with Crippen molar-refractivity contribution in [1.82, 2.24) is 4.90 Å². The van der Waals surface area contributed by atoms with Crippen molar-refractivity contribution in [3.8, 4) is 5.75 Å². The van der Waals surface area contributed by atoms with Gasteiger partial charge < -0.3 is 14.7 Å². The predicted octanol–water partition coefficient (Wildman–Crippen LogP) is 3.13. The van der Waals surface area contributed by atoms with Crippen LogP contribution in [0.5, 0.6) is 5.75 Å². The van der Waals surface area contributed by atoms with E-state index in [1.807, 2.05) is 0 Å². The van der Waals surface area contributed by atoms with E-state index >= 15 is 0 Å². The lowest BCUT2D eigenvalue weighted by atomic mass is 9.93. The first-order chi connectivity index (χ1) is 9.83. The smallest absolute Gasteiger partial charge is 0.266 e. The highest BCUT2D eigenvalue weighted by molar-refractivity contribution is 6.35. The van der Waals surface area contributed by atoms with Gasteiger partial charge in [-0.25, -0.2) is 0 Å². The van der Waals surface area contributed by atoms with Crippen LogP contribution in [0.4, 0.5) is 0 Å². The lowest BCUT2D eigenvalue weighted by Crippen LogP contribution is -2.52. The zero-order valence-corrected chi connectivity index (χ0v) is 13.6. The highest BCUT2D eigenvalue weighted by Crippen LogP contribution is 2.37. The number of benzene rings is 1. The molecule has 2 rings (SSSR count). The number of likely N-dealkylation sites (N-methyl/N-ethyl adjacent to an activating group) is 1. The minimum absolute atomic E-state index is 0.273. The van der Waals surface area contributed by atoms with Crippen molar-refractivity contribution in [2.45, 2.75) is 37.4 Å². The Bertz CT molecular complexity index is 528. The molecular weight excluding hydrogens is 313 g/mol. The number of amides is 1. The number of rotatable bonds is 4. The molecule has 1 aromatic carbocycles. The summed E-state index contributed by atoms with van der Waals surface area (Å²) < 4.78 is 5.78. The first-order valence-corrected chi connectivity index (χ1v) is 7.64. The van der Waals surface area contributed by atoms with Crippen LogP contribution in [0.25, 0.3) is 0 Å². The third kappa shape index (κ3) is 3.62. The molecular formula is C15H19Cl2NO3. The molecule has 1 N–H and O–H groups in total.